The van der Waals surface area contributed by atoms with Crippen LogP contribution in [0.5, 0.6) is 0 Å². The molecule has 0 radical (unpaired) electrons. The second-order valence-corrected chi connectivity index (χ2v) is 7.79. The zero-order valence-corrected chi connectivity index (χ0v) is 15.9. The van der Waals surface area contributed by atoms with Gasteiger partial charge in [-0.25, -0.2) is 4.39 Å². The van der Waals surface area contributed by atoms with Gasteiger partial charge in [0.05, 0.1) is 5.75 Å². The molecule has 1 aliphatic carbocycles. The third-order valence-electron chi connectivity index (χ3n) is 4.89. The largest absolute Gasteiger partial charge is 0.325 e. The molecule has 1 fully saturated rings. The summed E-state index contributed by atoms with van der Waals surface area (Å²) >= 11 is 1.36. The molecule has 1 amide bonds. The normalized spacial score (nSPS) is 15.2. The van der Waals surface area contributed by atoms with E-state index in [0.29, 0.717) is 5.69 Å². The van der Waals surface area contributed by atoms with E-state index < -0.39 is 0 Å². The van der Waals surface area contributed by atoms with Crippen LogP contribution in [0.4, 0.5) is 10.1 Å². The fourth-order valence-electron chi connectivity index (χ4n) is 3.36. The van der Waals surface area contributed by atoms with Crippen LogP contribution in [0, 0.1) is 11.7 Å². The van der Waals surface area contributed by atoms with E-state index in [9.17, 15) is 9.18 Å². The molecule has 0 aliphatic heterocycles. The van der Waals surface area contributed by atoms with Crippen molar-refractivity contribution in [1.29, 1.82) is 0 Å². The van der Waals surface area contributed by atoms with Gasteiger partial charge >= 0.3 is 0 Å². The molecule has 140 valence electrons. The van der Waals surface area contributed by atoms with Gasteiger partial charge in [0.15, 0.2) is 5.16 Å². The summed E-state index contributed by atoms with van der Waals surface area (Å²) in [5, 5.41) is 12.0. The van der Waals surface area contributed by atoms with Crippen LogP contribution in [-0.2, 0) is 18.3 Å². The van der Waals surface area contributed by atoms with Crippen LogP contribution in [-0.4, -0.2) is 26.4 Å². The third-order valence-corrected chi connectivity index (χ3v) is 5.91. The van der Waals surface area contributed by atoms with Gasteiger partial charge in [-0.3, -0.25) is 4.79 Å². The highest BCUT2D eigenvalue weighted by Gasteiger charge is 2.16. The highest BCUT2D eigenvalue weighted by molar-refractivity contribution is 7.99. The number of carbonyl (C=O) groups is 1. The number of rotatable bonds is 7. The molecule has 5 nitrogen and oxygen atoms in total. The van der Waals surface area contributed by atoms with Gasteiger partial charge in [-0.2, -0.15) is 0 Å². The summed E-state index contributed by atoms with van der Waals surface area (Å²) in [5.74, 6) is 1.58. The van der Waals surface area contributed by atoms with E-state index in [1.165, 1.54) is 62.4 Å². The number of nitrogens with one attached hydrogen (secondary N) is 1. The predicted octanol–water partition coefficient (Wildman–Crippen LogP) is 4.20. The van der Waals surface area contributed by atoms with Crippen molar-refractivity contribution in [3.63, 3.8) is 0 Å². The maximum absolute atomic E-state index is 12.9. The number of amides is 1. The molecule has 0 saturated heterocycles. The van der Waals surface area contributed by atoms with Crippen LogP contribution >= 0.6 is 11.8 Å². The number of nitrogens with zero attached hydrogens (tertiary/aromatic N) is 3. The minimum absolute atomic E-state index is 0.145. The van der Waals surface area contributed by atoms with Crippen molar-refractivity contribution in [2.45, 2.75) is 50.1 Å². The number of hydrogen-bond donors (Lipinski definition) is 1. The van der Waals surface area contributed by atoms with E-state index in [2.05, 4.69) is 15.5 Å². The molecule has 1 heterocycles. The summed E-state index contributed by atoms with van der Waals surface area (Å²) in [6.07, 6.45) is 8.87. The van der Waals surface area contributed by atoms with E-state index in [4.69, 9.17) is 0 Å². The molecule has 1 aliphatic rings. The zero-order valence-electron chi connectivity index (χ0n) is 15.1. The minimum atomic E-state index is -0.322. The van der Waals surface area contributed by atoms with Gasteiger partial charge in [-0.1, -0.05) is 43.9 Å². The van der Waals surface area contributed by atoms with Crippen LogP contribution < -0.4 is 5.32 Å². The number of aromatic nitrogens is 3. The minimum Gasteiger partial charge on any atom is -0.325 e. The van der Waals surface area contributed by atoms with Gasteiger partial charge in [0, 0.05) is 19.2 Å². The number of carbonyl (C=O) groups excluding carboxylic acids is 1. The molecule has 1 aromatic heterocycles. The molecule has 7 heteroatoms. The Balaban J connectivity index is 1.46. The Morgan fingerprint density at radius 2 is 1.96 bits per heavy atom. The van der Waals surface area contributed by atoms with Gasteiger partial charge in [0.1, 0.15) is 11.6 Å². The maximum atomic E-state index is 12.9. The Hall–Kier alpha value is -1.89. The lowest BCUT2D eigenvalue weighted by Gasteiger charge is -2.20. The number of thioether (sulfide) groups is 1. The van der Waals surface area contributed by atoms with Crippen molar-refractivity contribution >= 4 is 23.4 Å². The SMILES string of the molecule is Cn1c(CCC2CCCCC2)nnc1SCC(=O)Nc1ccc(F)cc1. The first-order valence-corrected chi connectivity index (χ1v) is 10.2. The lowest BCUT2D eigenvalue weighted by molar-refractivity contribution is -0.113. The first kappa shape index (κ1) is 18.9. The summed E-state index contributed by atoms with van der Waals surface area (Å²) in [7, 11) is 1.95. The Labute approximate surface area is 157 Å². The fraction of sp³-hybridized carbons (Fsp3) is 0.526. The van der Waals surface area contributed by atoms with Crippen LogP contribution in [0.25, 0.3) is 0 Å². The van der Waals surface area contributed by atoms with E-state index in [0.717, 1.165) is 23.3 Å². The molecule has 26 heavy (non-hydrogen) atoms. The van der Waals surface area contributed by atoms with Crippen molar-refractivity contribution in [3.05, 3.63) is 35.9 Å². The summed E-state index contributed by atoms with van der Waals surface area (Å²) in [6, 6.07) is 5.74. The summed E-state index contributed by atoms with van der Waals surface area (Å²) in [5.41, 5.74) is 0.586. The van der Waals surface area contributed by atoms with E-state index >= 15 is 0 Å². The lowest BCUT2D eigenvalue weighted by atomic mass is 9.86. The molecule has 0 unspecified atom stereocenters. The Morgan fingerprint density at radius 1 is 1.23 bits per heavy atom. The molecular weight excluding hydrogens is 351 g/mol. The van der Waals surface area contributed by atoms with Crippen molar-refractivity contribution in [2.75, 3.05) is 11.1 Å². The average molecular weight is 377 g/mol. The van der Waals surface area contributed by atoms with Gasteiger partial charge in [0.2, 0.25) is 5.91 Å². The van der Waals surface area contributed by atoms with Gasteiger partial charge in [-0.15, -0.1) is 10.2 Å². The van der Waals surface area contributed by atoms with Crippen molar-refractivity contribution in [1.82, 2.24) is 14.8 Å². The quantitative estimate of drug-likeness (QED) is 0.736. The van der Waals surface area contributed by atoms with Crippen LogP contribution in [0.1, 0.15) is 44.3 Å². The fourth-order valence-corrected chi connectivity index (χ4v) is 4.09. The number of aryl methyl sites for hydroxylation is 1. The first-order valence-electron chi connectivity index (χ1n) is 9.18. The molecular formula is C19H25FN4OS. The number of halogens is 1. The van der Waals surface area contributed by atoms with E-state index in [-0.39, 0.29) is 17.5 Å². The Kier molecular flexibility index (Phi) is 6.66. The third kappa shape index (κ3) is 5.30. The molecule has 2 aromatic rings. The van der Waals surface area contributed by atoms with Crippen LogP contribution in [0.2, 0.25) is 0 Å². The molecule has 0 atom stereocenters. The van der Waals surface area contributed by atoms with Crippen molar-refractivity contribution in [3.8, 4) is 0 Å². The first-order chi connectivity index (χ1) is 12.6. The summed E-state index contributed by atoms with van der Waals surface area (Å²) < 4.78 is 14.9. The van der Waals surface area contributed by atoms with Crippen LogP contribution in [0.3, 0.4) is 0 Å². The van der Waals surface area contributed by atoms with E-state index in [1.807, 2.05) is 11.6 Å². The molecule has 1 N–H and O–H groups in total. The van der Waals surface area contributed by atoms with E-state index in [1.54, 1.807) is 12.1 Å². The van der Waals surface area contributed by atoms with Crippen LogP contribution in [0.15, 0.2) is 29.4 Å². The summed E-state index contributed by atoms with van der Waals surface area (Å²) in [4.78, 5) is 12.0. The molecule has 0 spiro atoms. The maximum Gasteiger partial charge on any atom is 0.234 e. The van der Waals surface area contributed by atoms with Gasteiger partial charge in [0.25, 0.3) is 0 Å². The second kappa shape index (κ2) is 9.16. The molecule has 1 aromatic carbocycles. The van der Waals surface area contributed by atoms with Crippen molar-refractivity contribution < 1.29 is 9.18 Å². The molecule has 3 rings (SSSR count). The highest BCUT2D eigenvalue weighted by atomic mass is 32.2. The average Bonchev–Trinajstić information content (AvgIpc) is 3.01. The smallest absolute Gasteiger partial charge is 0.234 e. The topological polar surface area (TPSA) is 59.8 Å². The predicted molar refractivity (Wildman–Crippen MR) is 102 cm³/mol. The number of benzene rings is 1. The zero-order chi connectivity index (χ0) is 18.4. The highest BCUT2D eigenvalue weighted by Crippen LogP contribution is 2.27. The monoisotopic (exact) mass is 376 g/mol. The van der Waals surface area contributed by atoms with Crippen molar-refractivity contribution in [2.24, 2.45) is 13.0 Å². The molecule has 0 bridgehead atoms. The molecule has 1 saturated carbocycles. The standard InChI is InChI=1S/C19H25FN4OS/c1-24-17(12-7-14-5-3-2-4-6-14)22-23-19(24)26-13-18(25)21-16-10-8-15(20)9-11-16/h8-11,14H,2-7,12-13H2,1H3,(H,21,25). The lowest BCUT2D eigenvalue weighted by Crippen LogP contribution is -2.14. The second-order valence-electron chi connectivity index (χ2n) is 6.84. The van der Waals surface area contributed by atoms with Gasteiger partial charge in [-0.05, 0) is 36.6 Å². The number of hydrogen-bond acceptors (Lipinski definition) is 4. The Bertz CT molecular complexity index is 726. The Morgan fingerprint density at radius 3 is 2.69 bits per heavy atom. The summed E-state index contributed by atoms with van der Waals surface area (Å²) in [6.45, 7) is 0. The number of anilines is 1. The van der Waals surface area contributed by atoms with Gasteiger partial charge < -0.3 is 9.88 Å².